The van der Waals surface area contributed by atoms with Gasteiger partial charge in [0.15, 0.2) is 5.82 Å². The molecule has 0 unspecified atom stereocenters. The van der Waals surface area contributed by atoms with E-state index in [1.54, 1.807) is 9.29 Å². The van der Waals surface area contributed by atoms with Crippen LogP contribution in [-0.2, 0) is 10.0 Å². The molecule has 0 saturated heterocycles. The summed E-state index contributed by atoms with van der Waals surface area (Å²) < 4.78 is 96.1. The largest absolute Gasteiger partial charge is 0.404 e. The van der Waals surface area contributed by atoms with Gasteiger partial charge in [0.2, 0.25) is 10.0 Å². The Labute approximate surface area is 198 Å². The average molecular weight is 513 g/mol. The summed E-state index contributed by atoms with van der Waals surface area (Å²) >= 11 is 0. The number of nitriles is 1. The van der Waals surface area contributed by atoms with Crippen LogP contribution in [0.2, 0.25) is 0 Å². The molecule has 1 aromatic carbocycles. The molecular formula is C23H21F5N4O2S. The van der Waals surface area contributed by atoms with E-state index >= 15 is 4.39 Å². The molecule has 2 heterocycles. The van der Waals surface area contributed by atoms with Gasteiger partial charge < -0.3 is 4.57 Å². The first-order valence-corrected chi connectivity index (χ1v) is 12.3. The number of nitrogens with zero attached hydrogens (tertiary/aromatic N) is 3. The molecule has 1 aliphatic rings. The van der Waals surface area contributed by atoms with Crippen LogP contribution in [-0.4, -0.2) is 30.2 Å². The second kappa shape index (κ2) is 8.87. The van der Waals surface area contributed by atoms with Gasteiger partial charge in [0, 0.05) is 23.2 Å². The average Bonchev–Trinajstić information content (AvgIpc) is 3.42. The Balaban J connectivity index is 1.88. The normalized spacial score (nSPS) is 16.1. The summed E-state index contributed by atoms with van der Waals surface area (Å²) in [6.45, 7) is 1.98. The van der Waals surface area contributed by atoms with Crippen molar-refractivity contribution in [2.75, 3.05) is 0 Å². The van der Waals surface area contributed by atoms with Crippen molar-refractivity contribution in [2.45, 2.75) is 62.7 Å². The molecule has 0 aliphatic heterocycles. The van der Waals surface area contributed by atoms with Crippen LogP contribution >= 0.6 is 0 Å². The number of rotatable bonds is 5. The van der Waals surface area contributed by atoms with Gasteiger partial charge in [0.1, 0.15) is 22.8 Å². The molecule has 0 bridgehead atoms. The lowest BCUT2D eigenvalue weighted by Crippen LogP contribution is -2.42. The summed E-state index contributed by atoms with van der Waals surface area (Å²) in [6.07, 6.45) is -0.753. The van der Waals surface area contributed by atoms with Crippen molar-refractivity contribution in [1.82, 2.24) is 14.3 Å². The van der Waals surface area contributed by atoms with Crippen molar-refractivity contribution < 1.29 is 30.4 Å². The molecule has 0 amide bonds. The predicted molar refractivity (Wildman–Crippen MR) is 118 cm³/mol. The van der Waals surface area contributed by atoms with E-state index in [2.05, 4.69) is 4.98 Å². The molecule has 1 aliphatic carbocycles. The van der Waals surface area contributed by atoms with Crippen molar-refractivity contribution in [2.24, 2.45) is 0 Å². The molecule has 0 radical (unpaired) electrons. The molecule has 35 heavy (non-hydrogen) atoms. The van der Waals surface area contributed by atoms with Crippen LogP contribution in [0, 0.1) is 29.9 Å². The number of nitrogens with one attached hydrogen (secondary N) is 1. The van der Waals surface area contributed by atoms with Crippen LogP contribution in [0.4, 0.5) is 22.0 Å². The monoisotopic (exact) mass is 512 g/mol. The molecule has 3 aromatic rings. The fourth-order valence-electron chi connectivity index (χ4n) is 4.43. The van der Waals surface area contributed by atoms with Gasteiger partial charge in [0.25, 0.3) is 0 Å². The topological polar surface area (TPSA) is 87.8 Å². The minimum atomic E-state index is -4.78. The fraction of sp³-hybridized carbons (Fsp3) is 0.391. The number of pyridine rings is 1. The summed E-state index contributed by atoms with van der Waals surface area (Å²) in [4.78, 5) is 3.60. The summed E-state index contributed by atoms with van der Waals surface area (Å²) in [6, 6.07) is 2.90. The highest BCUT2D eigenvalue weighted by Gasteiger charge is 2.39. The quantitative estimate of drug-likeness (QED) is 0.457. The van der Waals surface area contributed by atoms with Gasteiger partial charge in [0.05, 0.1) is 22.5 Å². The minimum absolute atomic E-state index is 0.0170. The lowest BCUT2D eigenvalue weighted by Gasteiger charge is -2.19. The number of halogens is 5. The molecule has 0 spiro atoms. The van der Waals surface area contributed by atoms with Gasteiger partial charge in [-0.25, -0.2) is 17.2 Å². The third-order valence-electron chi connectivity index (χ3n) is 6.32. The van der Waals surface area contributed by atoms with Crippen molar-refractivity contribution in [3.05, 3.63) is 47.2 Å². The number of benzene rings is 1. The second-order valence-electron chi connectivity index (χ2n) is 8.60. The molecule has 1 N–H and O–H groups in total. The van der Waals surface area contributed by atoms with E-state index in [0.717, 1.165) is 31.2 Å². The maximum Gasteiger partial charge on any atom is 0.404 e. The van der Waals surface area contributed by atoms with Gasteiger partial charge >= 0.3 is 6.18 Å². The Morgan fingerprint density at radius 3 is 2.43 bits per heavy atom. The number of sulfonamides is 1. The molecule has 2 aromatic heterocycles. The van der Waals surface area contributed by atoms with E-state index in [9.17, 15) is 31.2 Å². The van der Waals surface area contributed by atoms with E-state index in [0.29, 0.717) is 19.8 Å². The van der Waals surface area contributed by atoms with Crippen LogP contribution in [0.25, 0.3) is 22.3 Å². The highest BCUT2D eigenvalue weighted by Crippen LogP contribution is 2.42. The van der Waals surface area contributed by atoms with E-state index < -0.39 is 38.8 Å². The van der Waals surface area contributed by atoms with Gasteiger partial charge in [-0.2, -0.15) is 23.2 Å². The first-order chi connectivity index (χ1) is 16.4. The van der Waals surface area contributed by atoms with Crippen molar-refractivity contribution in [3.63, 3.8) is 0 Å². The molecule has 186 valence electrons. The zero-order chi connectivity index (χ0) is 25.7. The van der Waals surface area contributed by atoms with Crippen molar-refractivity contribution >= 4 is 20.9 Å². The standard InChI is InChI=1S/C23H21F5N4O2S/c1-12-18(24)9-16-17(10-29)21(32(22(16)20(12)25)14-5-3-4-6-14)19-8-7-15(11-30-19)35(33,34)31-13(2)23(26,27)28/h7-9,11,13-14,31H,3-6H2,1-2H3/t13-/m0/s1. The van der Waals surface area contributed by atoms with Crippen LogP contribution in [0.15, 0.2) is 29.3 Å². The predicted octanol–water partition coefficient (Wildman–Crippen LogP) is 5.51. The first kappa shape index (κ1) is 25.1. The van der Waals surface area contributed by atoms with E-state index in [1.807, 2.05) is 6.07 Å². The van der Waals surface area contributed by atoms with Crippen LogP contribution in [0.3, 0.4) is 0 Å². The Hall–Kier alpha value is -3.04. The van der Waals surface area contributed by atoms with E-state index in [4.69, 9.17) is 0 Å². The lowest BCUT2D eigenvalue weighted by atomic mass is 10.1. The lowest BCUT2D eigenvalue weighted by molar-refractivity contribution is -0.147. The molecule has 1 atom stereocenters. The minimum Gasteiger partial charge on any atom is -0.333 e. The number of aromatic nitrogens is 2. The number of fused-ring (bicyclic) bond motifs is 1. The van der Waals surface area contributed by atoms with Gasteiger partial charge in [-0.3, -0.25) is 4.98 Å². The van der Waals surface area contributed by atoms with Crippen molar-refractivity contribution in [1.29, 1.82) is 5.26 Å². The number of hydrogen-bond acceptors (Lipinski definition) is 4. The van der Waals surface area contributed by atoms with Crippen molar-refractivity contribution in [3.8, 4) is 17.5 Å². The van der Waals surface area contributed by atoms with Gasteiger partial charge in [-0.15, -0.1) is 0 Å². The smallest absolute Gasteiger partial charge is 0.333 e. The third kappa shape index (κ3) is 4.38. The molecule has 1 saturated carbocycles. The first-order valence-electron chi connectivity index (χ1n) is 10.8. The Kier molecular flexibility index (Phi) is 6.36. The molecule has 6 nitrogen and oxygen atoms in total. The molecule has 4 rings (SSSR count). The molecular weight excluding hydrogens is 491 g/mol. The van der Waals surface area contributed by atoms with Crippen LogP contribution < -0.4 is 4.72 Å². The maximum absolute atomic E-state index is 15.3. The highest BCUT2D eigenvalue weighted by atomic mass is 32.2. The zero-order valence-electron chi connectivity index (χ0n) is 18.7. The Bertz CT molecular complexity index is 1430. The van der Waals surface area contributed by atoms with E-state index in [-0.39, 0.29) is 39.5 Å². The Morgan fingerprint density at radius 2 is 1.89 bits per heavy atom. The number of alkyl halides is 3. The summed E-state index contributed by atoms with van der Waals surface area (Å²) in [7, 11) is -4.54. The Morgan fingerprint density at radius 1 is 1.23 bits per heavy atom. The maximum atomic E-state index is 15.3. The number of hydrogen-bond donors (Lipinski definition) is 1. The van der Waals surface area contributed by atoms with Gasteiger partial charge in [-0.05, 0) is 44.9 Å². The highest BCUT2D eigenvalue weighted by molar-refractivity contribution is 7.89. The molecule has 12 heteroatoms. The van der Waals surface area contributed by atoms with Crippen LogP contribution in [0.5, 0.6) is 0 Å². The molecule has 1 fully saturated rings. The SMILES string of the molecule is Cc1c(F)cc2c(C#N)c(-c3ccc(S(=O)(=O)N[C@@H](C)C(F)(F)F)cn3)n(C3CCCC3)c2c1F. The second-order valence-corrected chi connectivity index (χ2v) is 10.3. The summed E-state index contributed by atoms with van der Waals surface area (Å²) in [5.41, 5.74) is 0.187. The van der Waals surface area contributed by atoms with Gasteiger partial charge in [-0.1, -0.05) is 12.8 Å². The summed E-state index contributed by atoms with van der Waals surface area (Å²) in [5, 5.41) is 9.97. The fourth-order valence-corrected chi connectivity index (χ4v) is 5.60. The summed E-state index contributed by atoms with van der Waals surface area (Å²) in [5.74, 6) is -1.60. The van der Waals surface area contributed by atoms with E-state index in [1.165, 1.54) is 13.0 Å². The third-order valence-corrected chi connectivity index (χ3v) is 7.85. The zero-order valence-corrected chi connectivity index (χ0v) is 19.6. The van der Waals surface area contributed by atoms with Crippen LogP contribution in [0.1, 0.15) is 49.8 Å².